The Morgan fingerprint density at radius 3 is 2.80 bits per heavy atom. The van der Waals surface area contributed by atoms with Crippen molar-refractivity contribution in [2.75, 3.05) is 11.4 Å². The van der Waals surface area contributed by atoms with Gasteiger partial charge < -0.3 is 10.0 Å². The third-order valence-electron chi connectivity index (χ3n) is 3.92. The molecular formula is C17H18FNO. The number of rotatable bonds is 3. The van der Waals surface area contributed by atoms with E-state index in [4.69, 9.17) is 0 Å². The molecule has 3 rings (SSSR count). The standard InChI is InChI=1S/C17H18FNO/c1-2-17(20)14-5-3-4-6-15(14)19-10-9-12-7-8-13(18)11-16(12)19/h3-8,11,17,20H,2,9-10H2,1H3. The summed E-state index contributed by atoms with van der Waals surface area (Å²) < 4.78 is 13.5. The highest BCUT2D eigenvalue weighted by atomic mass is 19.1. The first-order chi connectivity index (χ1) is 9.70. The fourth-order valence-corrected chi connectivity index (χ4v) is 2.84. The molecule has 3 heteroatoms. The molecule has 2 aromatic rings. The highest BCUT2D eigenvalue weighted by molar-refractivity contribution is 5.72. The van der Waals surface area contributed by atoms with E-state index in [1.165, 1.54) is 6.07 Å². The number of aliphatic hydroxyl groups is 1. The summed E-state index contributed by atoms with van der Waals surface area (Å²) in [6.07, 6.45) is 1.09. The van der Waals surface area contributed by atoms with Crippen LogP contribution >= 0.6 is 0 Å². The zero-order valence-electron chi connectivity index (χ0n) is 11.5. The fourth-order valence-electron chi connectivity index (χ4n) is 2.84. The second-order valence-electron chi connectivity index (χ2n) is 5.16. The van der Waals surface area contributed by atoms with Crippen LogP contribution in [0.5, 0.6) is 0 Å². The summed E-state index contributed by atoms with van der Waals surface area (Å²) in [7, 11) is 0. The van der Waals surface area contributed by atoms with Gasteiger partial charge in [-0.2, -0.15) is 0 Å². The van der Waals surface area contributed by atoms with Crippen molar-refractivity contribution in [3.05, 3.63) is 59.4 Å². The molecule has 2 nitrogen and oxygen atoms in total. The van der Waals surface area contributed by atoms with Crippen LogP contribution in [0.15, 0.2) is 42.5 Å². The maximum atomic E-state index is 13.5. The summed E-state index contributed by atoms with van der Waals surface area (Å²) in [5.74, 6) is -0.218. The molecule has 0 amide bonds. The van der Waals surface area contributed by atoms with Gasteiger partial charge in [-0.05, 0) is 36.6 Å². The van der Waals surface area contributed by atoms with Gasteiger partial charge >= 0.3 is 0 Å². The Hall–Kier alpha value is -1.87. The molecule has 0 fully saturated rings. The van der Waals surface area contributed by atoms with Gasteiger partial charge in [0, 0.05) is 23.5 Å². The second-order valence-corrected chi connectivity index (χ2v) is 5.16. The van der Waals surface area contributed by atoms with E-state index >= 15 is 0 Å². The van der Waals surface area contributed by atoms with Crippen LogP contribution in [0.2, 0.25) is 0 Å². The zero-order chi connectivity index (χ0) is 14.1. The van der Waals surface area contributed by atoms with E-state index < -0.39 is 6.10 Å². The largest absolute Gasteiger partial charge is 0.388 e. The van der Waals surface area contributed by atoms with Gasteiger partial charge in [-0.15, -0.1) is 0 Å². The minimum atomic E-state index is -0.483. The number of halogens is 1. The summed E-state index contributed by atoms with van der Waals surface area (Å²) in [5.41, 5.74) is 3.96. The molecule has 2 aromatic carbocycles. The Labute approximate surface area is 118 Å². The number of hydrogen-bond donors (Lipinski definition) is 1. The second kappa shape index (κ2) is 5.25. The topological polar surface area (TPSA) is 23.5 Å². The minimum Gasteiger partial charge on any atom is -0.388 e. The van der Waals surface area contributed by atoms with Gasteiger partial charge in [-0.1, -0.05) is 31.2 Å². The fraction of sp³-hybridized carbons (Fsp3) is 0.294. The van der Waals surface area contributed by atoms with E-state index in [2.05, 4.69) is 4.90 Å². The molecule has 0 radical (unpaired) electrons. The van der Waals surface area contributed by atoms with E-state index in [1.807, 2.05) is 37.3 Å². The molecule has 104 valence electrons. The van der Waals surface area contributed by atoms with Crippen molar-refractivity contribution in [3.8, 4) is 0 Å². The van der Waals surface area contributed by atoms with Gasteiger partial charge in [0.05, 0.1) is 6.10 Å². The van der Waals surface area contributed by atoms with Crippen LogP contribution in [-0.2, 0) is 6.42 Å². The monoisotopic (exact) mass is 271 g/mol. The van der Waals surface area contributed by atoms with Gasteiger partial charge in [-0.3, -0.25) is 0 Å². The summed E-state index contributed by atoms with van der Waals surface area (Å²) in [6.45, 7) is 2.78. The van der Waals surface area contributed by atoms with Gasteiger partial charge in [0.25, 0.3) is 0 Å². The average molecular weight is 271 g/mol. The lowest BCUT2D eigenvalue weighted by atomic mass is 10.0. The van der Waals surface area contributed by atoms with Crippen molar-refractivity contribution in [3.63, 3.8) is 0 Å². The first-order valence-corrected chi connectivity index (χ1v) is 7.03. The number of fused-ring (bicyclic) bond motifs is 1. The van der Waals surface area contributed by atoms with E-state index in [0.717, 1.165) is 35.5 Å². The Morgan fingerprint density at radius 1 is 1.20 bits per heavy atom. The molecule has 1 unspecified atom stereocenters. The first-order valence-electron chi connectivity index (χ1n) is 7.03. The van der Waals surface area contributed by atoms with Crippen molar-refractivity contribution in [2.24, 2.45) is 0 Å². The van der Waals surface area contributed by atoms with Crippen LogP contribution in [0.3, 0.4) is 0 Å². The Kier molecular flexibility index (Phi) is 3.45. The maximum absolute atomic E-state index is 13.5. The SMILES string of the molecule is CCC(O)c1ccccc1N1CCc2ccc(F)cc21. The lowest BCUT2D eigenvalue weighted by molar-refractivity contribution is 0.174. The third kappa shape index (κ3) is 2.18. The Bertz CT molecular complexity index is 626. The molecule has 0 spiro atoms. The van der Waals surface area contributed by atoms with E-state index in [1.54, 1.807) is 6.07 Å². The zero-order valence-corrected chi connectivity index (χ0v) is 11.5. The van der Waals surface area contributed by atoms with Crippen LogP contribution in [0, 0.1) is 5.82 Å². The van der Waals surface area contributed by atoms with Crippen LogP contribution in [0.1, 0.15) is 30.6 Å². The lowest BCUT2D eigenvalue weighted by Gasteiger charge is -2.24. The number of nitrogens with zero attached hydrogens (tertiary/aromatic N) is 1. The molecule has 0 saturated heterocycles. The summed E-state index contributed by atoms with van der Waals surface area (Å²) in [5, 5.41) is 10.2. The molecule has 0 bridgehead atoms. The summed E-state index contributed by atoms with van der Waals surface area (Å²) >= 11 is 0. The van der Waals surface area contributed by atoms with E-state index in [9.17, 15) is 9.50 Å². The van der Waals surface area contributed by atoms with Crippen LogP contribution < -0.4 is 4.90 Å². The highest BCUT2D eigenvalue weighted by Crippen LogP contribution is 2.38. The third-order valence-corrected chi connectivity index (χ3v) is 3.92. The molecule has 1 aliphatic rings. The number of hydrogen-bond acceptors (Lipinski definition) is 2. The van der Waals surface area contributed by atoms with Gasteiger partial charge in [0.2, 0.25) is 0 Å². The molecule has 1 atom stereocenters. The van der Waals surface area contributed by atoms with E-state index in [0.29, 0.717) is 6.42 Å². The molecule has 1 aliphatic heterocycles. The minimum absolute atomic E-state index is 0.218. The van der Waals surface area contributed by atoms with Crippen molar-refractivity contribution < 1.29 is 9.50 Å². The highest BCUT2D eigenvalue weighted by Gasteiger charge is 2.24. The smallest absolute Gasteiger partial charge is 0.125 e. The van der Waals surface area contributed by atoms with Gasteiger partial charge in [-0.25, -0.2) is 4.39 Å². The quantitative estimate of drug-likeness (QED) is 0.913. The first kappa shape index (κ1) is 13.1. The Morgan fingerprint density at radius 2 is 2.00 bits per heavy atom. The number of benzene rings is 2. The Balaban J connectivity index is 2.06. The van der Waals surface area contributed by atoms with Crippen LogP contribution in [-0.4, -0.2) is 11.7 Å². The molecule has 1 heterocycles. The van der Waals surface area contributed by atoms with Crippen molar-refractivity contribution in [1.29, 1.82) is 0 Å². The van der Waals surface area contributed by atoms with Crippen molar-refractivity contribution in [1.82, 2.24) is 0 Å². The van der Waals surface area contributed by atoms with Gasteiger partial charge in [0.1, 0.15) is 5.82 Å². The molecule has 1 N–H and O–H groups in total. The molecular weight excluding hydrogens is 253 g/mol. The molecule has 0 aliphatic carbocycles. The van der Waals surface area contributed by atoms with E-state index in [-0.39, 0.29) is 5.82 Å². The molecule has 0 saturated carbocycles. The van der Waals surface area contributed by atoms with Crippen molar-refractivity contribution >= 4 is 11.4 Å². The predicted octanol–water partition coefficient (Wildman–Crippen LogP) is 3.96. The number of aliphatic hydroxyl groups excluding tert-OH is 1. The maximum Gasteiger partial charge on any atom is 0.125 e. The predicted molar refractivity (Wildman–Crippen MR) is 78.8 cm³/mol. The van der Waals surface area contributed by atoms with Crippen LogP contribution in [0.25, 0.3) is 0 Å². The number of para-hydroxylation sites is 1. The normalized spacial score (nSPS) is 15.2. The van der Waals surface area contributed by atoms with Gasteiger partial charge in [0.15, 0.2) is 0 Å². The number of anilines is 2. The molecule has 20 heavy (non-hydrogen) atoms. The molecule has 0 aromatic heterocycles. The summed E-state index contributed by atoms with van der Waals surface area (Å²) in [4.78, 5) is 2.10. The lowest BCUT2D eigenvalue weighted by Crippen LogP contribution is -2.16. The van der Waals surface area contributed by atoms with Crippen LogP contribution in [0.4, 0.5) is 15.8 Å². The average Bonchev–Trinajstić information content (AvgIpc) is 2.89. The summed E-state index contributed by atoms with van der Waals surface area (Å²) in [6, 6.07) is 12.8. The van der Waals surface area contributed by atoms with Crippen molar-refractivity contribution in [2.45, 2.75) is 25.9 Å².